The Hall–Kier alpha value is -1.50. The van der Waals surface area contributed by atoms with Gasteiger partial charge in [0.15, 0.2) is 0 Å². The van der Waals surface area contributed by atoms with E-state index in [0.717, 1.165) is 0 Å². The third-order valence-electron chi connectivity index (χ3n) is 4.73. The number of carbonyl (C=O) groups excluding carboxylic acids is 1. The van der Waals surface area contributed by atoms with E-state index in [1.807, 2.05) is 12.2 Å². The second-order valence-electron chi connectivity index (χ2n) is 7.15. The first-order chi connectivity index (χ1) is 12.3. The maximum absolute atomic E-state index is 12.1. The maximum atomic E-state index is 12.1. The number of aliphatic carboxylic acids is 1. The topological polar surface area (TPSA) is 115 Å². The fraction of sp³-hybridized carbons (Fsp3) is 0.700. The van der Waals surface area contributed by atoms with Crippen molar-refractivity contribution in [1.29, 1.82) is 0 Å². The van der Waals surface area contributed by atoms with Crippen LogP contribution in [-0.2, 0) is 9.59 Å². The van der Waals surface area contributed by atoms with Crippen LogP contribution in [0.25, 0.3) is 0 Å². The molecule has 1 saturated carbocycles. The number of unbranched alkanes of at least 4 members (excludes halogenated alkanes) is 1. The van der Waals surface area contributed by atoms with E-state index in [2.05, 4.69) is 0 Å². The van der Waals surface area contributed by atoms with Crippen molar-refractivity contribution < 1.29 is 30.0 Å². The zero-order valence-electron chi connectivity index (χ0n) is 15.5. The number of ketones is 1. The highest BCUT2D eigenvalue weighted by Gasteiger charge is 2.39. The summed E-state index contributed by atoms with van der Waals surface area (Å²) in [5.74, 6) is -1.41. The maximum Gasteiger partial charge on any atom is 0.303 e. The molecule has 1 rings (SSSR count). The van der Waals surface area contributed by atoms with Crippen molar-refractivity contribution in [3.63, 3.8) is 0 Å². The molecule has 4 N–H and O–H groups in total. The second kappa shape index (κ2) is 12.0. The van der Waals surface area contributed by atoms with Crippen LogP contribution in [0.1, 0.15) is 58.3 Å². The normalized spacial score (nSPS) is 26.0. The number of allylic oxidation sites excluding steroid dienone is 2. The Morgan fingerprint density at radius 1 is 1.23 bits per heavy atom. The number of aliphatic hydroxyl groups is 3. The van der Waals surface area contributed by atoms with Gasteiger partial charge < -0.3 is 20.4 Å². The van der Waals surface area contributed by atoms with Gasteiger partial charge in [-0.05, 0) is 45.4 Å². The molecule has 6 heteroatoms. The van der Waals surface area contributed by atoms with Gasteiger partial charge in [-0.1, -0.05) is 24.3 Å². The van der Waals surface area contributed by atoms with Crippen LogP contribution in [0.3, 0.4) is 0 Å². The summed E-state index contributed by atoms with van der Waals surface area (Å²) in [6.07, 6.45) is 9.23. The average Bonchev–Trinajstić information content (AvgIpc) is 2.81. The van der Waals surface area contributed by atoms with E-state index in [1.54, 1.807) is 19.1 Å². The molecule has 148 valence electrons. The fourth-order valence-electron chi connectivity index (χ4n) is 3.23. The van der Waals surface area contributed by atoms with Crippen LogP contribution in [0.4, 0.5) is 0 Å². The van der Waals surface area contributed by atoms with Gasteiger partial charge in [-0.15, -0.1) is 0 Å². The number of carbonyl (C=O) groups is 2. The molecule has 0 aromatic rings. The van der Waals surface area contributed by atoms with Gasteiger partial charge in [0.05, 0.1) is 18.3 Å². The first kappa shape index (κ1) is 22.5. The van der Waals surface area contributed by atoms with Crippen LogP contribution in [0.5, 0.6) is 0 Å². The highest BCUT2D eigenvalue weighted by molar-refractivity contribution is 5.84. The molecule has 0 aromatic heterocycles. The number of hydrogen-bond donors (Lipinski definition) is 4. The van der Waals surface area contributed by atoms with Crippen LogP contribution in [-0.4, -0.2) is 50.5 Å². The van der Waals surface area contributed by atoms with Gasteiger partial charge in [-0.25, -0.2) is 0 Å². The first-order valence-electron chi connectivity index (χ1n) is 9.43. The lowest BCUT2D eigenvalue weighted by molar-refractivity contribution is -0.137. The van der Waals surface area contributed by atoms with Crippen molar-refractivity contribution in [2.24, 2.45) is 11.8 Å². The van der Waals surface area contributed by atoms with Gasteiger partial charge in [0.1, 0.15) is 5.78 Å². The Balaban J connectivity index is 2.47. The number of carboxylic acids is 1. The van der Waals surface area contributed by atoms with Crippen LogP contribution < -0.4 is 0 Å². The number of carboxylic acid groups (broad SMARTS) is 1. The molecule has 1 aliphatic carbocycles. The molecule has 6 nitrogen and oxygen atoms in total. The molecule has 1 fully saturated rings. The van der Waals surface area contributed by atoms with Gasteiger partial charge in [0.2, 0.25) is 0 Å². The molecular formula is C20H32O6. The Kier molecular flexibility index (Phi) is 10.4. The summed E-state index contributed by atoms with van der Waals surface area (Å²) < 4.78 is 0. The van der Waals surface area contributed by atoms with E-state index in [1.165, 1.54) is 0 Å². The van der Waals surface area contributed by atoms with Gasteiger partial charge in [-0.3, -0.25) is 9.59 Å². The Labute approximate surface area is 155 Å². The summed E-state index contributed by atoms with van der Waals surface area (Å²) in [7, 11) is 0. The second-order valence-corrected chi connectivity index (χ2v) is 7.15. The highest BCUT2D eigenvalue weighted by Crippen LogP contribution is 2.33. The zero-order valence-corrected chi connectivity index (χ0v) is 15.5. The van der Waals surface area contributed by atoms with Crippen LogP contribution in [0, 0.1) is 11.8 Å². The van der Waals surface area contributed by atoms with Crippen molar-refractivity contribution in [2.45, 2.75) is 76.6 Å². The minimum Gasteiger partial charge on any atom is -0.481 e. The average molecular weight is 368 g/mol. The SMILES string of the molecule is CC(O)CCCC(O)C=C[C@H]1C(O)CC(=O)[C@@H]1CC=CCCCC(=O)O. The summed E-state index contributed by atoms with van der Waals surface area (Å²) in [6.45, 7) is 1.71. The van der Waals surface area contributed by atoms with Crippen molar-refractivity contribution in [3.8, 4) is 0 Å². The molecule has 0 radical (unpaired) electrons. The third kappa shape index (κ3) is 8.74. The van der Waals surface area contributed by atoms with E-state index in [-0.39, 0.29) is 36.6 Å². The minimum absolute atomic E-state index is 0.0194. The number of aliphatic hydroxyl groups excluding tert-OH is 3. The van der Waals surface area contributed by atoms with E-state index >= 15 is 0 Å². The van der Waals surface area contributed by atoms with E-state index in [4.69, 9.17) is 5.11 Å². The molecule has 0 spiro atoms. The standard InChI is InChI=1S/C20H32O6/c1-14(21)7-6-8-15(22)11-12-17-16(18(23)13-19(17)24)9-4-2-3-5-10-20(25)26/h2,4,11-12,14-17,19,21-22,24H,3,5-10,13H2,1H3,(H,25,26)/t14?,15?,16-,17-,19?/m1/s1. The van der Waals surface area contributed by atoms with Crippen LogP contribution >= 0.6 is 0 Å². The molecule has 0 aliphatic heterocycles. The highest BCUT2D eigenvalue weighted by atomic mass is 16.4. The minimum atomic E-state index is -0.815. The van der Waals surface area contributed by atoms with Crippen molar-refractivity contribution >= 4 is 11.8 Å². The van der Waals surface area contributed by atoms with Crippen LogP contribution in [0.15, 0.2) is 24.3 Å². The molecule has 0 heterocycles. The lowest BCUT2D eigenvalue weighted by Crippen LogP contribution is -2.18. The molecular weight excluding hydrogens is 336 g/mol. The van der Waals surface area contributed by atoms with Crippen LogP contribution in [0.2, 0.25) is 0 Å². The predicted octanol–water partition coefficient (Wildman–Crippen LogP) is 2.22. The van der Waals surface area contributed by atoms with Gasteiger partial charge in [0.25, 0.3) is 0 Å². The Morgan fingerprint density at radius 2 is 1.96 bits per heavy atom. The van der Waals surface area contributed by atoms with E-state index < -0.39 is 18.2 Å². The molecule has 3 unspecified atom stereocenters. The van der Waals surface area contributed by atoms with Crippen molar-refractivity contribution in [1.82, 2.24) is 0 Å². The van der Waals surface area contributed by atoms with E-state index in [0.29, 0.717) is 38.5 Å². The fourth-order valence-corrected chi connectivity index (χ4v) is 3.23. The lowest BCUT2D eigenvalue weighted by atomic mass is 9.90. The summed E-state index contributed by atoms with van der Waals surface area (Å²) in [5, 5.41) is 37.9. The zero-order chi connectivity index (χ0) is 19.5. The predicted molar refractivity (Wildman–Crippen MR) is 98.5 cm³/mol. The van der Waals surface area contributed by atoms with E-state index in [9.17, 15) is 24.9 Å². The summed E-state index contributed by atoms with van der Waals surface area (Å²) >= 11 is 0. The Morgan fingerprint density at radius 3 is 2.62 bits per heavy atom. The number of Topliss-reactive ketones (excluding diaryl/α,β-unsaturated/α-hetero) is 1. The van der Waals surface area contributed by atoms with Crippen molar-refractivity contribution in [3.05, 3.63) is 24.3 Å². The lowest BCUT2D eigenvalue weighted by Gasteiger charge is -2.16. The molecule has 5 atom stereocenters. The first-order valence-corrected chi connectivity index (χ1v) is 9.43. The molecule has 0 amide bonds. The number of rotatable bonds is 12. The largest absolute Gasteiger partial charge is 0.481 e. The molecule has 1 aliphatic rings. The third-order valence-corrected chi connectivity index (χ3v) is 4.73. The molecule has 0 aromatic carbocycles. The summed E-state index contributed by atoms with van der Waals surface area (Å²) in [4.78, 5) is 22.6. The summed E-state index contributed by atoms with van der Waals surface area (Å²) in [5.41, 5.74) is 0. The summed E-state index contributed by atoms with van der Waals surface area (Å²) in [6, 6.07) is 0. The molecule has 0 bridgehead atoms. The van der Waals surface area contributed by atoms with Gasteiger partial charge >= 0.3 is 5.97 Å². The number of hydrogen-bond acceptors (Lipinski definition) is 5. The van der Waals surface area contributed by atoms with Crippen molar-refractivity contribution in [2.75, 3.05) is 0 Å². The molecule has 26 heavy (non-hydrogen) atoms. The quantitative estimate of drug-likeness (QED) is 0.310. The van der Waals surface area contributed by atoms with Gasteiger partial charge in [-0.2, -0.15) is 0 Å². The smallest absolute Gasteiger partial charge is 0.303 e. The van der Waals surface area contributed by atoms with Gasteiger partial charge in [0, 0.05) is 24.7 Å². The monoisotopic (exact) mass is 368 g/mol. The molecule has 0 saturated heterocycles. The Bertz CT molecular complexity index is 497.